The van der Waals surface area contributed by atoms with E-state index in [0.29, 0.717) is 0 Å². The van der Waals surface area contributed by atoms with Crippen LogP contribution >= 0.6 is 11.6 Å². The summed E-state index contributed by atoms with van der Waals surface area (Å²) >= 11 is 5.49. The number of benzene rings is 1. The summed E-state index contributed by atoms with van der Waals surface area (Å²) in [6.07, 6.45) is 1.77. The molecule has 56 valence electrons. The minimum Gasteiger partial charge on any atom is -0.281 e. The standard InChI is InChI=1S/C8H5ClFN/c9-6-2-1-5(3-7(6)10)8-4-11-8/h1-4,8H. The normalized spacial score (nSPS) is 20.4. The summed E-state index contributed by atoms with van der Waals surface area (Å²) in [6.45, 7) is 0. The highest BCUT2D eigenvalue weighted by molar-refractivity contribution is 6.30. The van der Waals surface area contributed by atoms with E-state index < -0.39 is 0 Å². The summed E-state index contributed by atoms with van der Waals surface area (Å²) in [5.74, 6) is -0.375. The molecule has 0 aliphatic carbocycles. The Labute approximate surface area is 68.5 Å². The molecule has 1 nitrogen and oxygen atoms in total. The molecule has 1 aliphatic rings. The lowest BCUT2D eigenvalue weighted by atomic mass is 10.1. The minimum atomic E-state index is -0.375. The maximum atomic E-state index is 12.8. The molecule has 0 fully saturated rings. The zero-order valence-electron chi connectivity index (χ0n) is 5.59. The Kier molecular flexibility index (Phi) is 1.43. The van der Waals surface area contributed by atoms with Gasteiger partial charge >= 0.3 is 0 Å². The number of hydrogen-bond donors (Lipinski definition) is 0. The van der Waals surface area contributed by atoms with Gasteiger partial charge in [0.15, 0.2) is 0 Å². The molecular weight excluding hydrogens is 165 g/mol. The molecule has 0 N–H and O–H groups in total. The lowest BCUT2D eigenvalue weighted by Gasteiger charge is -1.97. The second-order valence-corrected chi connectivity index (χ2v) is 2.82. The topological polar surface area (TPSA) is 12.4 Å². The van der Waals surface area contributed by atoms with Crippen molar-refractivity contribution in [3.8, 4) is 0 Å². The van der Waals surface area contributed by atoms with Crippen LogP contribution in [0.4, 0.5) is 4.39 Å². The molecule has 1 aliphatic heterocycles. The fraction of sp³-hybridized carbons (Fsp3) is 0.125. The van der Waals surface area contributed by atoms with Crippen LogP contribution in [-0.4, -0.2) is 6.21 Å². The van der Waals surface area contributed by atoms with E-state index in [9.17, 15) is 4.39 Å². The predicted octanol–water partition coefficient (Wildman–Crippen LogP) is 2.60. The van der Waals surface area contributed by atoms with Crippen LogP contribution in [0.15, 0.2) is 23.2 Å². The van der Waals surface area contributed by atoms with E-state index in [1.807, 2.05) is 0 Å². The highest BCUT2D eigenvalue weighted by Gasteiger charge is 2.16. The van der Waals surface area contributed by atoms with Crippen LogP contribution in [0.2, 0.25) is 5.02 Å². The van der Waals surface area contributed by atoms with Gasteiger partial charge in [-0.3, -0.25) is 4.99 Å². The van der Waals surface area contributed by atoms with E-state index in [-0.39, 0.29) is 16.9 Å². The first kappa shape index (κ1) is 6.80. The number of hydrogen-bond acceptors (Lipinski definition) is 1. The maximum Gasteiger partial charge on any atom is 0.142 e. The first-order valence-electron chi connectivity index (χ1n) is 3.25. The molecule has 0 amide bonds. The molecule has 1 atom stereocenters. The summed E-state index contributed by atoms with van der Waals surface area (Å²) in [7, 11) is 0. The Morgan fingerprint density at radius 3 is 2.73 bits per heavy atom. The van der Waals surface area contributed by atoms with E-state index in [1.165, 1.54) is 6.07 Å². The van der Waals surface area contributed by atoms with Crippen molar-refractivity contribution >= 4 is 17.8 Å². The van der Waals surface area contributed by atoms with Crippen molar-refractivity contribution in [3.05, 3.63) is 34.6 Å². The third kappa shape index (κ3) is 1.26. The molecule has 0 saturated heterocycles. The molecule has 3 heteroatoms. The lowest BCUT2D eigenvalue weighted by Crippen LogP contribution is -1.84. The van der Waals surface area contributed by atoms with Gasteiger partial charge in [-0.25, -0.2) is 4.39 Å². The Balaban J connectivity index is 2.37. The first-order valence-corrected chi connectivity index (χ1v) is 3.63. The van der Waals surface area contributed by atoms with Crippen molar-refractivity contribution in [2.24, 2.45) is 4.99 Å². The largest absolute Gasteiger partial charge is 0.281 e. The summed E-state index contributed by atoms with van der Waals surface area (Å²) in [5, 5.41) is 0.161. The SMILES string of the molecule is Fc1cc(C2C=N2)ccc1Cl. The summed E-state index contributed by atoms with van der Waals surface area (Å²) in [5.41, 5.74) is 0.868. The summed E-state index contributed by atoms with van der Waals surface area (Å²) in [6, 6.07) is 4.85. The molecule has 0 saturated carbocycles. The monoisotopic (exact) mass is 169 g/mol. The molecule has 2 rings (SSSR count). The lowest BCUT2D eigenvalue weighted by molar-refractivity contribution is 0.626. The molecule has 1 unspecified atom stereocenters. The van der Waals surface area contributed by atoms with E-state index in [4.69, 9.17) is 11.6 Å². The molecule has 11 heavy (non-hydrogen) atoms. The van der Waals surface area contributed by atoms with E-state index in [0.717, 1.165) is 5.56 Å². The van der Waals surface area contributed by atoms with Crippen LogP contribution in [0.3, 0.4) is 0 Å². The van der Waals surface area contributed by atoms with E-state index in [2.05, 4.69) is 4.99 Å². The third-order valence-electron chi connectivity index (χ3n) is 1.58. The van der Waals surface area contributed by atoms with Crippen molar-refractivity contribution in [2.75, 3.05) is 0 Å². The molecular formula is C8H5ClFN. The van der Waals surface area contributed by atoms with Crippen LogP contribution in [0, 0.1) is 5.82 Å². The summed E-state index contributed by atoms with van der Waals surface area (Å²) < 4.78 is 12.8. The van der Waals surface area contributed by atoms with Crippen LogP contribution in [-0.2, 0) is 0 Å². The summed E-state index contributed by atoms with van der Waals surface area (Å²) in [4.78, 5) is 3.91. The Bertz CT molecular complexity index is 316. The van der Waals surface area contributed by atoms with Gasteiger partial charge in [0.05, 0.1) is 5.02 Å². The van der Waals surface area contributed by atoms with E-state index >= 15 is 0 Å². The van der Waals surface area contributed by atoms with Gasteiger partial charge in [0, 0.05) is 6.21 Å². The van der Waals surface area contributed by atoms with Gasteiger partial charge in [0.1, 0.15) is 11.9 Å². The molecule has 0 spiro atoms. The molecule has 1 heterocycles. The van der Waals surface area contributed by atoms with Crippen LogP contribution in [0.5, 0.6) is 0 Å². The molecule has 0 radical (unpaired) electrons. The molecule has 1 aromatic rings. The van der Waals surface area contributed by atoms with Gasteiger partial charge in [0.2, 0.25) is 0 Å². The highest BCUT2D eigenvalue weighted by Crippen LogP contribution is 2.26. The van der Waals surface area contributed by atoms with Crippen LogP contribution < -0.4 is 0 Å². The maximum absolute atomic E-state index is 12.8. The Hall–Kier alpha value is -0.890. The minimum absolute atomic E-state index is 0.0989. The average molecular weight is 170 g/mol. The Morgan fingerprint density at radius 1 is 1.45 bits per heavy atom. The second-order valence-electron chi connectivity index (χ2n) is 2.42. The van der Waals surface area contributed by atoms with Gasteiger partial charge in [-0.15, -0.1) is 0 Å². The van der Waals surface area contributed by atoms with Crippen molar-refractivity contribution < 1.29 is 4.39 Å². The van der Waals surface area contributed by atoms with Crippen molar-refractivity contribution in [3.63, 3.8) is 0 Å². The molecule has 0 bridgehead atoms. The van der Waals surface area contributed by atoms with Crippen molar-refractivity contribution in [2.45, 2.75) is 6.04 Å². The predicted molar refractivity (Wildman–Crippen MR) is 42.6 cm³/mol. The van der Waals surface area contributed by atoms with Gasteiger partial charge in [0.25, 0.3) is 0 Å². The van der Waals surface area contributed by atoms with Gasteiger partial charge in [-0.1, -0.05) is 17.7 Å². The molecule has 0 aromatic heterocycles. The second kappa shape index (κ2) is 2.31. The quantitative estimate of drug-likeness (QED) is 0.613. The number of aliphatic imine (C=N–C) groups is 1. The van der Waals surface area contributed by atoms with Crippen LogP contribution in [0.1, 0.15) is 11.6 Å². The zero-order chi connectivity index (χ0) is 7.84. The number of rotatable bonds is 1. The highest BCUT2D eigenvalue weighted by atomic mass is 35.5. The zero-order valence-corrected chi connectivity index (χ0v) is 6.35. The van der Waals surface area contributed by atoms with E-state index in [1.54, 1.807) is 18.3 Å². The number of halogens is 2. The fourth-order valence-corrected chi connectivity index (χ4v) is 1.03. The van der Waals surface area contributed by atoms with Crippen LogP contribution in [0.25, 0.3) is 0 Å². The first-order chi connectivity index (χ1) is 5.27. The van der Waals surface area contributed by atoms with Crippen molar-refractivity contribution in [1.29, 1.82) is 0 Å². The van der Waals surface area contributed by atoms with Crippen molar-refractivity contribution in [1.82, 2.24) is 0 Å². The molecule has 1 aromatic carbocycles. The smallest absolute Gasteiger partial charge is 0.142 e. The Morgan fingerprint density at radius 2 is 2.18 bits per heavy atom. The van der Waals surface area contributed by atoms with Gasteiger partial charge in [-0.05, 0) is 17.7 Å². The number of nitrogens with zero attached hydrogens (tertiary/aromatic N) is 1. The third-order valence-corrected chi connectivity index (χ3v) is 1.89. The van der Waals surface area contributed by atoms with Gasteiger partial charge < -0.3 is 0 Å². The fourth-order valence-electron chi connectivity index (χ4n) is 0.912. The average Bonchev–Trinajstić information content (AvgIpc) is 2.77. The van der Waals surface area contributed by atoms with Gasteiger partial charge in [-0.2, -0.15) is 0 Å².